The Bertz CT molecular complexity index is 353. The fraction of sp³-hybridized carbons (Fsp3) is 0.833. The topological polar surface area (TPSA) is 30.7 Å². The number of hydrogen-bond acceptors (Lipinski definition) is 2. The highest BCUT2D eigenvalue weighted by Crippen LogP contribution is 2.45. The van der Waals surface area contributed by atoms with Gasteiger partial charge in [0.1, 0.15) is 0 Å². The summed E-state index contributed by atoms with van der Waals surface area (Å²) in [5.74, 6) is 0.606. The zero-order valence-electron chi connectivity index (χ0n) is 11.7. The predicted molar refractivity (Wildman–Crippen MR) is 70.1 cm³/mol. The first-order valence-electron chi connectivity index (χ1n) is 6.14. The molecule has 0 aliphatic heterocycles. The van der Waals surface area contributed by atoms with E-state index >= 15 is 0 Å². The first-order valence-corrected chi connectivity index (χ1v) is 6.14. The van der Waals surface area contributed by atoms with Crippen molar-refractivity contribution in [2.75, 3.05) is 0 Å². The Kier molecular flexibility index (Phi) is 3.51. The minimum atomic E-state index is 0.0363. The summed E-state index contributed by atoms with van der Waals surface area (Å²) in [5.41, 5.74) is 1.32. The van der Waals surface area contributed by atoms with Gasteiger partial charge in [-0.2, -0.15) is 0 Å². The molecule has 0 aromatic carbocycles. The van der Waals surface area contributed by atoms with E-state index in [0.717, 1.165) is 13.1 Å². The highest BCUT2D eigenvalue weighted by molar-refractivity contribution is 6.30. The average molecular weight is 221 g/mol. The van der Waals surface area contributed by atoms with Gasteiger partial charge in [0.2, 0.25) is 0 Å². The van der Waals surface area contributed by atoms with Crippen molar-refractivity contribution >= 4 is 7.41 Å². The first-order chi connectivity index (χ1) is 7.23. The van der Waals surface area contributed by atoms with Crippen molar-refractivity contribution in [1.29, 1.82) is 0 Å². The summed E-state index contributed by atoms with van der Waals surface area (Å²) in [6.45, 7) is 15.8. The van der Waals surface area contributed by atoms with E-state index in [0.29, 0.717) is 5.92 Å². The molecule has 0 bridgehead atoms. The molecule has 3 nitrogen and oxygen atoms in total. The largest absolute Gasteiger partial charge is 0.302 e. The molecule has 0 radical (unpaired) electrons. The van der Waals surface area contributed by atoms with Crippen LogP contribution in [0.1, 0.15) is 47.2 Å². The summed E-state index contributed by atoms with van der Waals surface area (Å²) in [5, 5.41) is 8.46. The highest BCUT2D eigenvalue weighted by Gasteiger charge is 2.42. The van der Waals surface area contributed by atoms with Crippen LogP contribution >= 0.6 is 0 Å². The van der Waals surface area contributed by atoms with Crippen molar-refractivity contribution < 1.29 is 0 Å². The lowest BCUT2D eigenvalue weighted by Gasteiger charge is -2.43. The third-order valence-electron chi connectivity index (χ3n) is 4.56. The lowest BCUT2D eigenvalue weighted by Crippen LogP contribution is -2.40. The molecule has 0 unspecified atom stereocenters. The van der Waals surface area contributed by atoms with Gasteiger partial charge in [0.05, 0.1) is 5.69 Å². The molecule has 1 aromatic rings. The Hall–Kier alpha value is -0.795. The molecule has 1 heterocycles. The van der Waals surface area contributed by atoms with E-state index in [1.165, 1.54) is 0 Å². The molecule has 0 fully saturated rings. The second-order valence-corrected chi connectivity index (χ2v) is 5.96. The normalized spacial score (nSPS) is 13.2. The van der Waals surface area contributed by atoms with Crippen LogP contribution in [0.4, 0.5) is 0 Å². The van der Waals surface area contributed by atoms with Crippen LogP contribution in [0.15, 0.2) is 6.20 Å². The molecule has 4 heteroatoms. The Balaban J connectivity index is 3.10. The molecule has 0 aliphatic rings. The maximum Gasteiger partial charge on any atom is 0.265 e. The van der Waals surface area contributed by atoms with Crippen LogP contribution in [0, 0.1) is 11.3 Å². The summed E-state index contributed by atoms with van der Waals surface area (Å²) in [6.07, 6.45) is 2.07. The zero-order chi connectivity index (χ0) is 12.6. The lowest BCUT2D eigenvalue weighted by atomic mass is 9.61. The van der Waals surface area contributed by atoms with E-state index in [1.807, 2.05) is 4.59 Å². The Morgan fingerprint density at radius 1 is 1.25 bits per heavy atom. The Morgan fingerprint density at radius 3 is 2.19 bits per heavy atom. The summed E-state index contributed by atoms with van der Waals surface area (Å²) in [4.78, 5) is 0. The molecular formula is C12H24BN3. The van der Waals surface area contributed by atoms with E-state index in [-0.39, 0.29) is 10.8 Å². The third kappa shape index (κ3) is 2.02. The molecule has 16 heavy (non-hydrogen) atoms. The highest BCUT2D eigenvalue weighted by atomic mass is 15.4. The van der Waals surface area contributed by atoms with Crippen LogP contribution in [0.5, 0.6) is 0 Å². The van der Waals surface area contributed by atoms with Gasteiger partial charge in [-0.05, 0) is 11.3 Å². The van der Waals surface area contributed by atoms with Crippen LogP contribution in [0.3, 0.4) is 0 Å². The minimum absolute atomic E-state index is 0.0363. The Labute approximate surface area is 99.9 Å². The molecule has 0 spiro atoms. The molecule has 1 aromatic heterocycles. The van der Waals surface area contributed by atoms with E-state index in [1.54, 1.807) is 0 Å². The van der Waals surface area contributed by atoms with Gasteiger partial charge < -0.3 is 4.59 Å². The average Bonchev–Trinajstić information content (AvgIpc) is 2.65. The Morgan fingerprint density at radius 2 is 1.81 bits per heavy atom. The molecule has 0 amide bonds. The lowest BCUT2D eigenvalue weighted by molar-refractivity contribution is 0.122. The van der Waals surface area contributed by atoms with Crippen LogP contribution in [0.2, 0.25) is 6.82 Å². The fourth-order valence-electron chi connectivity index (χ4n) is 1.79. The van der Waals surface area contributed by atoms with Crippen molar-refractivity contribution in [1.82, 2.24) is 14.9 Å². The zero-order valence-corrected chi connectivity index (χ0v) is 11.7. The van der Waals surface area contributed by atoms with Crippen molar-refractivity contribution in [2.24, 2.45) is 11.3 Å². The number of aromatic nitrogens is 3. The molecule has 90 valence electrons. The first kappa shape index (κ1) is 13.3. The minimum Gasteiger partial charge on any atom is -0.302 e. The van der Waals surface area contributed by atoms with Crippen molar-refractivity contribution in [3.63, 3.8) is 0 Å². The van der Waals surface area contributed by atoms with E-state index < -0.39 is 0 Å². The molecule has 0 saturated carbocycles. The van der Waals surface area contributed by atoms with Gasteiger partial charge in [-0.1, -0.05) is 53.6 Å². The van der Waals surface area contributed by atoms with Crippen LogP contribution < -0.4 is 0 Å². The predicted octanol–water partition coefficient (Wildman–Crippen LogP) is 2.49. The molecule has 0 atom stereocenters. The van der Waals surface area contributed by atoms with Crippen molar-refractivity contribution in [3.8, 4) is 0 Å². The maximum absolute atomic E-state index is 4.32. The van der Waals surface area contributed by atoms with E-state index in [9.17, 15) is 0 Å². The molecule has 0 saturated heterocycles. The van der Waals surface area contributed by atoms with Gasteiger partial charge in [-0.15, -0.1) is 5.10 Å². The van der Waals surface area contributed by atoms with Crippen LogP contribution in [-0.2, 0) is 5.41 Å². The SMILES string of the molecule is CBn1cc(C(C)(C)C(C)(C)C(C)C)nn1. The van der Waals surface area contributed by atoms with Crippen LogP contribution in [-0.4, -0.2) is 22.3 Å². The molecule has 1 rings (SSSR count). The maximum atomic E-state index is 4.32. The number of hydrogen-bond donors (Lipinski definition) is 0. The smallest absolute Gasteiger partial charge is 0.265 e. The summed E-state index contributed by atoms with van der Waals surface area (Å²) < 4.78 is 1.90. The van der Waals surface area contributed by atoms with Gasteiger partial charge in [0.25, 0.3) is 7.41 Å². The van der Waals surface area contributed by atoms with Crippen molar-refractivity contribution in [3.05, 3.63) is 11.9 Å². The van der Waals surface area contributed by atoms with Crippen LogP contribution in [0.25, 0.3) is 0 Å². The van der Waals surface area contributed by atoms with Gasteiger partial charge in [-0.3, -0.25) is 0 Å². The fourth-order valence-corrected chi connectivity index (χ4v) is 1.79. The molecular weight excluding hydrogens is 197 g/mol. The number of rotatable bonds is 4. The van der Waals surface area contributed by atoms with Gasteiger partial charge in [0.15, 0.2) is 0 Å². The van der Waals surface area contributed by atoms with Gasteiger partial charge >= 0.3 is 0 Å². The summed E-state index contributed by atoms with van der Waals surface area (Å²) >= 11 is 0. The molecule has 0 N–H and O–H groups in total. The quantitative estimate of drug-likeness (QED) is 0.731. The third-order valence-corrected chi connectivity index (χ3v) is 4.56. The standard InChI is InChI=1S/C12H24BN3/c1-9(2)11(3,4)12(5,6)10-8-16(13-7)15-14-10/h8-9,13H,1-7H3. The van der Waals surface area contributed by atoms with Gasteiger partial charge in [-0.25, -0.2) is 0 Å². The monoisotopic (exact) mass is 221 g/mol. The van der Waals surface area contributed by atoms with E-state index in [2.05, 4.69) is 64.9 Å². The van der Waals surface area contributed by atoms with Crippen molar-refractivity contribution in [2.45, 2.75) is 53.8 Å². The second kappa shape index (κ2) is 4.23. The van der Waals surface area contributed by atoms with Gasteiger partial charge in [0, 0.05) is 11.6 Å². The number of nitrogens with zero attached hydrogens (tertiary/aromatic N) is 3. The molecule has 0 aliphatic carbocycles. The van der Waals surface area contributed by atoms with E-state index in [4.69, 9.17) is 0 Å². The summed E-state index contributed by atoms with van der Waals surface area (Å²) in [7, 11) is 0.880. The summed E-state index contributed by atoms with van der Waals surface area (Å²) in [6, 6.07) is 0. The second-order valence-electron chi connectivity index (χ2n) is 5.96.